The maximum absolute atomic E-state index is 13.2. The number of Topliss-reactive ketones (excluding diaryl/α,β-unsaturated/α-hetero) is 1. The Morgan fingerprint density at radius 1 is 1.38 bits per heavy atom. The lowest BCUT2D eigenvalue weighted by molar-refractivity contribution is 0.101. The summed E-state index contributed by atoms with van der Waals surface area (Å²) in [4.78, 5) is 11.4. The molecule has 0 fully saturated rings. The molecule has 0 saturated heterocycles. The molecule has 0 atom stereocenters. The molecule has 0 aliphatic carbocycles. The average Bonchev–Trinajstić information content (AvgIpc) is 2.07. The van der Waals surface area contributed by atoms with Gasteiger partial charge in [-0.25, -0.2) is 4.39 Å². The molecule has 0 unspecified atom stereocenters. The summed E-state index contributed by atoms with van der Waals surface area (Å²) in [6, 6.07) is 2.52. The van der Waals surface area contributed by atoms with Crippen molar-refractivity contribution in [2.75, 3.05) is 0 Å². The van der Waals surface area contributed by atoms with Crippen LogP contribution in [0.15, 0.2) is 16.6 Å². The third kappa shape index (κ3) is 3.42. The summed E-state index contributed by atoms with van der Waals surface area (Å²) in [6.45, 7) is 7.42. The molecule has 0 N–H and O–H groups in total. The Hall–Kier alpha value is -0.683. The van der Waals surface area contributed by atoms with Crippen LogP contribution < -0.4 is 4.43 Å². The summed E-state index contributed by atoms with van der Waals surface area (Å²) in [5.74, 6) is -0.193. The fraction of sp³-hybridized carbons (Fsp3) is 0.364. The summed E-state index contributed by atoms with van der Waals surface area (Å²) in [5, 5.41) is 0. The smallest absolute Gasteiger partial charge is 0.242 e. The van der Waals surface area contributed by atoms with Gasteiger partial charge in [0.05, 0.1) is 10.0 Å². The Labute approximate surface area is 104 Å². The van der Waals surface area contributed by atoms with Crippen molar-refractivity contribution in [1.82, 2.24) is 0 Å². The van der Waals surface area contributed by atoms with Gasteiger partial charge in [0.15, 0.2) is 5.78 Å². The van der Waals surface area contributed by atoms with E-state index in [1.807, 2.05) is 19.6 Å². The summed E-state index contributed by atoms with van der Waals surface area (Å²) >= 11 is 3.22. The molecule has 0 spiro atoms. The van der Waals surface area contributed by atoms with Crippen LogP contribution >= 0.6 is 15.9 Å². The van der Waals surface area contributed by atoms with Crippen LogP contribution in [0.3, 0.4) is 0 Å². The van der Waals surface area contributed by atoms with E-state index in [0.29, 0.717) is 10.2 Å². The molecule has 0 radical (unpaired) electrons. The molecule has 88 valence electrons. The van der Waals surface area contributed by atoms with Crippen LogP contribution in [0, 0.1) is 5.82 Å². The Morgan fingerprint density at radius 2 is 1.94 bits per heavy atom. The van der Waals surface area contributed by atoms with Crippen molar-refractivity contribution in [3.8, 4) is 5.75 Å². The fourth-order valence-corrected chi connectivity index (χ4v) is 2.73. The van der Waals surface area contributed by atoms with Crippen molar-refractivity contribution in [3.63, 3.8) is 0 Å². The van der Waals surface area contributed by atoms with Crippen molar-refractivity contribution in [1.29, 1.82) is 0 Å². The highest BCUT2D eigenvalue weighted by Crippen LogP contribution is 2.32. The second-order valence-electron chi connectivity index (χ2n) is 4.53. The molecule has 1 aromatic rings. The molecule has 16 heavy (non-hydrogen) atoms. The molecule has 0 bridgehead atoms. The molecule has 5 heteroatoms. The first-order valence-corrected chi connectivity index (χ1v) is 9.10. The zero-order valence-electron chi connectivity index (χ0n) is 9.73. The normalized spacial score (nSPS) is 11.4. The van der Waals surface area contributed by atoms with Gasteiger partial charge in [-0.15, -0.1) is 0 Å². The fourth-order valence-electron chi connectivity index (χ4n) is 1.23. The lowest BCUT2D eigenvalue weighted by Gasteiger charge is -2.22. The largest absolute Gasteiger partial charge is 0.543 e. The number of hydrogen-bond acceptors (Lipinski definition) is 2. The second kappa shape index (κ2) is 4.67. The highest BCUT2D eigenvalue weighted by Gasteiger charge is 2.22. The molecule has 1 aromatic carbocycles. The van der Waals surface area contributed by atoms with Crippen molar-refractivity contribution in [3.05, 3.63) is 28.0 Å². The maximum atomic E-state index is 13.2. The SMILES string of the molecule is CC(=O)c1cc(F)cc(Br)c1O[Si](C)(C)C. The number of hydrogen-bond donors (Lipinski definition) is 0. The summed E-state index contributed by atoms with van der Waals surface area (Å²) in [5.41, 5.74) is 0.286. The van der Waals surface area contributed by atoms with E-state index in [4.69, 9.17) is 4.43 Å². The van der Waals surface area contributed by atoms with E-state index in [2.05, 4.69) is 15.9 Å². The topological polar surface area (TPSA) is 26.3 Å². The molecule has 0 aliphatic rings. The van der Waals surface area contributed by atoms with E-state index in [9.17, 15) is 9.18 Å². The van der Waals surface area contributed by atoms with Gasteiger partial charge < -0.3 is 4.43 Å². The Bertz CT molecular complexity index is 427. The van der Waals surface area contributed by atoms with Crippen LogP contribution in [0.5, 0.6) is 5.75 Å². The molecular weight excluding hydrogens is 291 g/mol. The first-order valence-electron chi connectivity index (χ1n) is 4.90. The Morgan fingerprint density at radius 3 is 2.38 bits per heavy atom. The van der Waals surface area contributed by atoms with E-state index >= 15 is 0 Å². The zero-order valence-corrected chi connectivity index (χ0v) is 12.3. The van der Waals surface area contributed by atoms with Gasteiger partial charge in [-0.1, -0.05) is 0 Å². The van der Waals surface area contributed by atoms with Crippen molar-refractivity contribution in [2.45, 2.75) is 26.6 Å². The summed E-state index contributed by atoms with van der Waals surface area (Å²) < 4.78 is 19.4. The first kappa shape index (κ1) is 13.4. The third-order valence-corrected chi connectivity index (χ3v) is 3.20. The molecular formula is C11H14BrFO2Si. The molecule has 1 rings (SSSR count). The van der Waals surface area contributed by atoms with Gasteiger partial charge in [-0.05, 0) is 54.6 Å². The molecule has 0 amide bonds. The number of benzene rings is 1. The van der Waals surface area contributed by atoms with Gasteiger partial charge in [0.25, 0.3) is 0 Å². The number of carbonyl (C=O) groups is 1. The van der Waals surface area contributed by atoms with E-state index in [1.165, 1.54) is 19.1 Å². The van der Waals surface area contributed by atoms with Gasteiger partial charge in [0, 0.05) is 0 Å². The first-order chi connectivity index (χ1) is 7.20. The van der Waals surface area contributed by atoms with Crippen molar-refractivity contribution in [2.24, 2.45) is 0 Å². The molecule has 0 saturated carbocycles. The summed E-state index contributed by atoms with van der Waals surface area (Å²) in [6.07, 6.45) is 0. The monoisotopic (exact) mass is 304 g/mol. The highest BCUT2D eigenvalue weighted by molar-refractivity contribution is 9.10. The van der Waals surface area contributed by atoms with Crippen LogP contribution in [-0.4, -0.2) is 14.1 Å². The Balaban J connectivity index is 3.30. The van der Waals surface area contributed by atoms with E-state index < -0.39 is 14.1 Å². The number of halogens is 2. The van der Waals surface area contributed by atoms with Crippen LogP contribution in [0.2, 0.25) is 19.6 Å². The van der Waals surface area contributed by atoms with Gasteiger partial charge in [0.2, 0.25) is 8.32 Å². The molecule has 0 aliphatic heterocycles. The van der Waals surface area contributed by atoms with Crippen molar-refractivity contribution < 1.29 is 13.6 Å². The predicted molar refractivity (Wildman–Crippen MR) is 68.1 cm³/mol. The number of ketones is 1. The van der Waals surface area contributed by atoms with Gasteiger partial charge in [0.1, 0.15) is 11.6 Å². The minimum Gasteiger partial charge on any atom is -0.543 e. The lowest BCUT2D eigenvalue weighted by Crippen LogP contribution is -2.30. The average molecular weight is 305 g/mol. The van der Waals surface area contributed by atoms with Crippen LogP contribution in [-0.2, 0) is 0 Å². The van der Waals surface area contributed by atoms with Gasteiger partial charge in [-0.3, -0.25) is 4.79 Å². The van der Waals surface area contributed by atoms with Crippen molar-refractivity contribution >= 4 is 30.0 Å². The standard InChI is InChI=1S/C11H14BrFO2Si/c1-7(14)9-5-8(13)6-10(12)11(9)15-16(2,3)4/h5-6H,1-4H3. The van der Waals surface area contributed by atoms with E-state index in [1.54, 1.807) is 0 Å². The van der Waals surface area contributed by atoms with E-state index in [-0.39, 0.29) is 11.3 Å². The quantitative estimate of drug-likeness (QED) is 0.623. The van der Waals surface area contributed by atoms with E-state index in [0.717, 1.165) is 0 Å². The zero-order chi connectivity index (χ0) is 12.5. The second-order valence-corrected chi connectivity index (χ2v) is 9.82. The minimum atomic E-state index is -1.83. The third-order valence-electron chi connectivity index (χ3n) is 1.80. The van der Waals surface area contributed by atoms with Crippen LogP contribution in [0.4, 0.5) is 4.39 Å². The molecule has 2 nitrogen and oxygen atoms in total. The molecule has 0 heterocycles. The maximum Gasteiger partial charge on any atom is 0.242 e. The lowest BCUT2D eigenvalue weighted by atomic mass is 10.1. The van der Waals surface area contributed by atoms with Gasteiger partial charge >= 0.3 is 0 Å². The number of rotatable bonds is 3. The highest BCUT2D eigenvalue weighted by atomic mass is 79.9. The van der Waals surface area contributed by atoms with Gasteiger partial charge in [-0.2, -0.15) is 0 Å². The van der Waals surface area contributed by atoms with Crippen LogP contribution in [0.1, 0.15) is 17.3 Å². The Kier molecular flexibility index (Phi) is 3.91. The predicted octanol–water partition coefficient (Wildman–Crippen LogP) is 4.00. The van der Waals surface area contributed by atoms with Crippen LogP contribution in [0.25, 0.3) is 0 Å². The summed E-state index contributed by atoms with van der Waals surface area (Å²) in [7, 11) is -1.83. The molecule has 0 aromatic heterocycles. The number of carbonyl (C=O) groups excluding carboxylic acids is 1. The minimum absolute atomic E-state index is 0.201.